The Kier molecular flexibility index (Phi) is 3.88. The number of rotatable bonds is 3. The van der Waals surface area contributed by atoms with Gasteiger partial charge in [0.25, 0.3) is 0 Å². The second-order valence-electron chi connectivity index (χ2n) is 4.53. The Morgan fingerprint density at radius 2 is 1.78 bits per heavy atom. The van der Waals surface area contributed by atoms with Gasteiger partial charge in [-0.2, -0.15) is 0 Å². The third-order valence-electron chi connectivity index (χ3n) is 3.13. The molecular formula is C15H15ClOS. The number of benzene rings is 1. The second kappa shape index (κ2) is 5.25. The largest absolute Gasteiger partial charge is 0.293 e. The van der Waals surface area contributed by atoms with Gasteiger partial charge in [0.15, 0.2) is 5.78 Å². The monoisotopic (exact) mass is 278 g/mol. The van der Waals surface area contributed by atoms with Gasteiger partial charge in [-0.15, -0.1) is 11.3 Å². The van der Waals surface area contributed by atoms with Gasteiger partial charge in [0.05, 0.1) is 9.90 Å². The van der Waals surface area contributed by atoms with Gasteiger partial charge in [-0.05, 0) is 48.4 Å². The molecule has 18 heavy (non-hydrogen) atoms. The van der Waals surface area contributed by atoms with Crippen LogP contribution in [0.15, 0.2) is 23.6 Å². The summed E-state index contributed by atoms with van der Waals surface area (Å²) in [7, 11) is 0. The van der Waals surface area contributed by atoms with Gasteiger partial charge in [-0.25, -0.2) is 0 Å². The first-order valence-electron chi connectivity index (χ1n) is 5.82. The van der Waals surface area contributed by atoms with Crippen LogP contribution in [0.25, 0.3) is 0 Å². The minimum atomic E-state index is 0.107. The molecule has 0 aliphatic carbocycles. The average Bonchev–Trinajstić information content (AvgIpc) is 2.65. The van der Waals surface area contributed by atoms with E-state index in [1.165, 1.54) is 11.3 Å². The van der Waals surface area contributed by atoms with Crippen molar-refractivity contribution in [3.63, 3.8) is 0 Å². The number of ketones is 1. The lowest BCUT2D eigenvalue weighted by Crippen LogP contribution is -2.05. The minimum Gasteiger partial charge on any atom is -0.293 e. The summed E-state index contributed by atoms with van der Waals surface area (Å²) >= 11 is 7.57. The van der Waals surface area contributed by atoms with Gasteiger partial charge in [-0.1, -0.05) is 29.8 Å². The molecule has 0 N–H and O–H groups in total. The van der Waals surface area contributed by atoms with Crippen LogP contribution in [0.2, 0.25) is 5.02 Å². The van der Waals surface area contributed by atoms with Crippen LogP contribution in [-0.2, 0) is 6.42 Å². The number of thiophene rings is 1. The molecule has 0 aliphatic rings. The van der Waals surface area contributed by atoms with Crippen molar-refractivity contribution in [2.45, 2.75) is 27.2 Å². The Morgan fingerprint density at radius 3 is 2.28 bits per heavy atom. The molecule has 0 amide bonds. The summed E-state index contributed by atoms with van der Waals surface area (Å²) in [6.07, 6.45) is 0.429. The molecule has 1 nitrogen and oxygen atoms in total. The average molecular weight is 279 g/mol. The maximum atomic E-state index is 12.3. The highest BCUT2D eigenvalue weighted by Crippen LogP contribution is 2.29. The number of Topliss-reactive ketones (excluding diaryl/α,β-unsaturated/α-hetero) is 1. The van der Waals surface area contributed by atoms with Crippen molar-refractivity contribution in [3.8, 4) is 0 Å². The first-order chi connectivity index (χ1) is 8.50. The van der Waals surface area contributed by atoms with Gasteiger partial charge < -0.3 is 0 Å². The smallest absolute Gasteiger partial charge is 0.178 e. The highest BCUT2D eigenvalue weighted by Gasteiger charge is 2.16. The lowest BCUT2D eigenvalue weighted by molar-refractivity contribution is 0.0996. The molecule has 0 radical (unpaired) electrons. The molecule has 0 aliphatic heterocycles. The summed E-state index contributed by atoms with van der Waals surface area (Å²) in [5, 5.41) is 2.54. The normalized spacial score (nSPS) is 10.7. The van der Waals surface area contributed by atoms with E-state index in [1.807, 2.05) is 44.4 Å². The molecule has 1 aromatic heterocycles. The molecule has 2 aromatic rings. The molecule has 0 bridgehead atoms. The highest BCUT2D eigenvalue weighted by molar-refractivity contribution is 7.13. The van der Waals surface area contributed by atoms with Crippen LogP contribution in [0.1, 0.15) is 31.9 Å². The van der Waals surface area contributed by atoms with Crippen LogP contribution < -0.4 is 0 Å². The van der Waals surface area contributed by atoms with Gasteiger partial charge in [0.2, 0.25) is 0 Å². The van der Waals surface area contributed by atoms with Gasteiger partial charge in [-0.3, -0.25) is 4.79 Å². The van der Waals surface area contributed by atoms with E-state index in [-0.39, 0.29) is 5.78 Å². The van der Waals surface area contributed by atoms with E-state index < -0.39 is 0 Å². The van der Waals surface area contributed by atoms with Crippen molar-refractivity contribution in [3.05, 3.63) is 55.7 Å². The first-order valence-corrected chi connectivity index (χ1v) is 7.08. The predicted octanol–water partition coefficient (Wildman–Crippen LogP) is 4.75. The maximum absolute atomic E-state index is 12.3. The summed E-state index contributed by atoms with van der Waals surface area (Å²) < 4.78 is 0. The molecule has 0 fully saturated rings. The van der Waals surface area contributed by atoms with Crippen molar-refractivity contribution >= 4 is 28.7 Å². The van der Waals surface area contributed by atoms with Crippen molar-refractivity contribution in [1.82, 2.24) is 0 Å². The van der Waals surface area contributed by atoms with Crippen LogP contribution >= 0.6 is 22.9 Å². The van der Waals surface area contributed by atoms with Gasteiger partial charge in [0, 0.05) is 6.42 Å². The van der Waals surface area contributed by atoms with Gasteiger partial charge >= 0.3 is 0 Å². The standard InChI is InChI=1S/C15H15ClOS/c1-9-5-4-6-10(2)12(9)7-13(17)15-14(16)11(3)8-18-15/h4-6,8H,7H2,1-3H3. The molecule has 0 saturated carbocycles. The Balaban J connectivity index is 2.30. The number of hydrogen-bond acceptors (Lipinski definition) is 2. The van der Waals surface area contributed by atoms with Crippen molar-refractivity contribution in [1.29, 1.82) is 0 Å². The van der Waals surface area contributed by atoms with Crippen LogP contribution in [0.5, 0.6) is 0 Å². The van der Waals surface area contributed by atoms with Crippen molar-refractivity contribution in [2.24, 2.45) is 0 Å². The molecular weight excluding hydrogens is 264 g/mol. The molecule has 0 saturated heterocycles. The molecule has 2 rings (SSSR count). The van der Waals surface area contributed by atoms with Crippen LogP contribution in [0.3, 0.4) is 0 Å². The lowest BCUT2D eigenvalue weighted by Gasteiger charge is -2.08. The summed E-state index contributed by atoms with van der Waals surface area (Å²) in [5.74, 6) is 0.107. The quantitative estimate of drug-likeness (QED) is 0.740. The topological polar surface area (TPSA) is 17.1 Å². The molecule has 1 heterocycles. The third kappa shape index (κ3) is 2.50. The zero-order valence-corrected chi connectivity index (χ0v) is 12.3. The Bertz CT molecular complexity index is 578. The fourth-order valence-electron chi connectivity index (χ4n) is 1.99. The van der Waals surface area contributed by atoms with Crippen LogP contribution in [-0.4, -0.2) is 5.78 Å². The maximum Gasteiger partial charge on any atom is 0.178 e. The summed E-state index contributed by atoms with van der Waals surface area (Å²) in [6.45, 7) is 6.00. The zero-order valence-electron chi connectivity index (χ0n) is 10.7. The molecule has 94 valence electrons. The van der Waals surface area contributed by atoms with E-state index in [0.29, 0.717) is 16.3 Å². The number of aryl methyl sites for hydroxylation is 3. The number of hydrogen-bond donors (Lipinski definition) is 0. The summed E-state index contributed by atoms with van der Waals surface area (Å²) in [6, 6.07) is 6.09. The molecule has 0 unspecified atom stereocenters. The molecule has 0 spiro atoms. The number of carbonyl (C=O) groups is 1. The van der Waals surface area contributed by atoms with Crippen molar-refractivity contribution in [2.75, 3.05) is 0 Å². The highest BCUT2D eigenvalue weighted by atomic mass is 35.5. The molecule has 3 heteroatoms. The Morgan fingerprint density at radius 1 is 1.17 bits per heavy atom. The number of halogens is 1. The summed E-state index contributed by atoms with van der Waals surface area (Å²) in [5.41, 5.74) is 4.41. The Labute approximate surface area is 116 Å². The van der Waals surface area contributed by atoms with Crippen molar-refractivity contribution < 1.29 is 4.79 Å². The van der Waals surface area contributed by atoms with E-state index in [4.69, 9.17) is 11.6 Å². The fraction of sp³-hybridized carbons (Fsp3) is 0.267. The van der Waals surface area contributed by atoms with E-state index in [9.17, 15) is 4.79 Å². The van der Waals surface area contributed by atoms with E-state index >= 15 is 0 Å². The lowest BCUT2D eigenvalue weighted by atomic mass is 9.98. The summed E-state index contributed by atoms with van der Waals surface area (Å²) in [4.78, 5) is 13.0. The third-order valence-corrected chi connectivity index (χ3v) is 4.87. The number of carbonyl (C=O) groups excluding carboxylic acids is 1. The van der Waals surface area contributed by atoms with Crippen LogP contribution in [0, 0.1) is 20.8 Å². The minimum absolute atomic E-state index is 0.107. The Hall–Kier alpha value is -1.12. The predicted molar refractivity (Wildman–Crippen MR) is 78.0 cm³/mol. The molecule has 0 atom stereocenters. The second-order valence-corrected chi connectivity index (χ2v) is 5.79. The van der Waals surface area contributed by atoms with E-state index in [2.05, 4.69) is 0 Å². The van der Waals surface area contributed by atoms with E-state index in [0.717, 1.165) is 22.3 Å². The van der Waals surface area contributed by atoms with Crippen LogP contribution in [0.4, 0.5) is 0 Å². The fourth-order valence-corrected chi connectivity index (χ4v) is 3.23. The first kappa shape index (κ1) is 13.3. The molecule has 1 aromatic carbocycles. The SMILES string of the molecule is Cc1csc(C(=O)Cc2c(C)cccc2C)c1Cl. The van der Waals surface area contributed by atoms with Gasteiger partial charge in [0.1, 0.15) is 0 Å². The van der Waals surface area contributed by atoms with E-state index in [1.54, 1.807) is 0 Å². The zero-order chi connectivity index (χ0) is 13.3.